The maximum atomic E-state index is 9.75. The minimum atomic E-state index is -6.00. The van der Waals surface area contributed by atoms with Crippen LogP contribution in [0.15, 0.2) is 83.0 Å². The van der Waals surface area contributed by atoms with Crippen LogP contribution in [0.25, 0.3) is 0 Å². The summed E-state index contributed by atoms with van der Waals surface area (Å²) < 4.78 is 39.0. The first-order chi connectivity index (χ1) is 12.8. The van der Waals surface area contributed by atoms with Crippen LogP contribution in [-0.4, -0.2) is 13.5 Å². The van der Waals surface area contributed by atoms with Crippen molar-refractivity contribution in [2.24, 2.45) is 0 Å². The van der Waals surface area contributed by atoms with E-state index < -0.39 is 7.25 Å². The lowest BCUT2D eigenvalue weighted by atomic mass is 10.2. The first-order valence-electron chi connectivity index (χ1n) is 8.25. The molecule has 0 aliphatic heterocycles. The Hall–Kier alpha value is -2.54. The fraction of sp³-hybridized carbons (Fsp3) is 0.105. The highest BCUT2D eigenvalue weighted by Crippen LogP contribution is 2.32. The Labute approximate surface area is 160 Å². The van der Waals surface area contributed by atoms with Crippen molar-refractivity contribution in [3.05, 3.63) is 83.0 Å². The molecule has 0 fully saturated rings. The Morgan fingerprint density at radius 1 is 0.889 bits per heavy atom. The van der Waals surface area contributed by atoms with Crippen LogP contribution in [-0.2, 0) is 0 Å². The molecule has 1 aliphatic carbocycles. The average Bonchev–Trinajstić information content (AvgIpc) is 2.98. The fourth-order valence-corrected chi connectivity index (χ4v) is 2.67. The highest BCUT2D eigenvalue weighted by molar-refractivity contribution is 6.50. The molecule has 0 spiro atoms. The molecular formula is C19H18BClF4N2. The molecule has 0 saturated heterocycles. The first kappa shape index (κ1) is 20.8. The third-order valence-electron chi connectivity index (χ3n) is 3.60. The van der Waals surface area contributed by atoms with Gasteiger partial charge in [-0.3, -0.25) is 0 Å². The van der Waals surface area contributed by atoms with Crippen molar-refractivity contribution in [2.75, 3.05) is 5.32 Å². The molecule has 0 atom stereocenters. The number of rotatable bonds is 4. The molecule has 0 radical (unpaired) electrons. The predicted molar refractivity (Wildman–Crippen MR) is 104 cm³/mol. The van der Waals surface area contributed by atoms with Crippen LogP contribution in [0.1, 0.15) is 12.8 Å². The van der Waals surface area contributed by atoms with Crippen LogP contribution >= 0.6 is 11.6 Å². The number of hydrogen-bond acceptors (Lipinski definition) is 1. The zero-order valence-electron chi connectivity index (χ0n) is 14.3. The van der Waals surface area contributed by atoms with E-state index >= 15 is 0 Å². The topological polar surface area (TPSA) is 26.0 Å². The summed E-state index contributed by atoms with van der Waals surface area (Å²) in [4.78, 5) is 3.30. The molecule has 0 amide bonds. The van der Waals surface area contributed by atoms with E-state index in [0.29, 0.717) is 0 Å². The Morgan fingerprint density at radius 2 is 1.44 bits per heavy atom. The minimum absolute atomic E-state index is 0.840. The van der Waals surface area contributed by atoms with E-state index in [-0.39, 0.29) is 0 Å². The molecule has 0 unspecified atom stereocenters. The third kappa shape index (κ3) is 8.13. The van der Waals surface area contributed by atoms with Crippen LogP contribution in [0, 0.1) is 0 Å². The second-order valence-electron chi connectivity index (χ2n) is 5.67. The number of nitrogens with one attached hydrogen (secondary N) is 2. The molecule has 2 aromatic carbocycles. The normalized spacial score (nSPS) is 15.8. The SMILES string of the molecule is ClC1=C(C=[NH+]c2ccccc2)CCC1=CNc1ccccc1.F[B-](F)(F)F. The van der Waals surface area contributed by atoms with Crippen molar-refractivity contribution in [1.29, 1.82) is 0 Å². The number of halogens is 5. The van der Waals surface area contributed by atoms with Gasteiger partial charge < -0.3 is 22.6 Å². The Morgan fingerprint density at radius 3 is 2.04 bits per heavy atom. The molecule has 0 aromatic heterocycles. The van der Waals surface area contributed by atoms with Gasteiger partial charge in [0.1, 0.15) is 0 Å². The molecule has 2 aromatic rings. The summed E-state index contributed by atoms with van der Waals surface area (Å²) in [7, 11) is -6.00. The maximum absolute atomic E-state index is 9.75. The van der Waals surface area contributed by atoms with Crippen molar-refractivity contribution in [3.63, 3.8) is 0 Å². The lowest BCUT2D eigenvalue weighted by molar-refractivity contribution is -0.347. The fourth-order valence-electron chi connectivity index (χ4n) is 2.38. The van der Waals surface area contributed by atoms with Crippen LogP contribution in [0.4, 0.5) is 28.6 Å². The highest BCUT2D eigenvalue weighted by Gasteiger charge is 2.20. The molecule has 0 bridgehead atoms. The van der Waals surface area contributed by atoms with Crippen LogP contribution in [0.5, 0.6) is 0 Å². The second kappa shape index (κ2) is 9.97. The smallest absolute Gasteiger partial charge is 0.418 e. The van der Waals surface area contributed by atoms with Gasteiger partial charge in [0.15, 0.2) is 6.21 Å². The molecule has 2 nitrogen and oxygen atoms in total. The lowest BCUT2D eigenvalue weighted by Gasteiger charge is -2.02. The zero-order valence-corrected chi connectivity index (χ0v) is 15.1. The first-order valence-corrected chi connectivity index (χ1v) is 8.62. The summed E-state index contributed by atoms with van der Waals surface area (Å²) >= 11 is 6.48. The summed E-state index contributed by atoms with van der Waals surface area (Å²) in [5.41, 5.74) is 4.43. The summed E-state index contributed by atoms with van der Waals surface area (Å²) in [6.45, 7) is 0. The van der Waals surface area contributed by atoms with E-state index in [4.69, 9.17) is 11.6 Å². The number of para-hydroxylation sites is 2. The summed E-state index contributed by atoms with van der Waals surface area (Å²) in [5, 5.41) is 4.14. The van der Waals surface area contributed by atoms with E-state index in [1.54, 1.807) is 0 Å². The van der Waals surface area contributed by atoms with Gasteiger partial charge in [0, 0.05) is 29.6 Å². The van der Waals surface area contributed by atoms with E-state index in [2.05, 4.69) is 10.3 Å². The van der Waals surface area contributed by atoms with Gasteiger partial charge in [0.2, 0.25) is 5.69 Å². The van der Waals surface area contributed by atoms with Crippen molar-refractivity contribution >= 4 is 36.4 Å². The standard InChI is InChI=1S/C19H17ClN2.BF4/c20-19-15(13-21-17-7-3-1-4-8-17)11-12-16(19)14-22-18-9-5-2-6-10-18;2-1(3,4)5/h1-10,13-14,21H,11-12H2;/q;-1/p+1. The van der Waals surface area contributed by atoms with Crippen LogP contribution < -0.4 is 10.3 Å². The number of anilines is 1. The zero-order chi connectivity index (χ0) is 19.7. The molecule has 27 heavy (non-hydrogen) atoms. The monoisotopic (exact) mass is 396 g/mol. The number of benzene rings is 2. The molecule has 3 rings (SSSR count). The summed E-state index contributed by atoms with van der Waals surface area (Å²) in [6, 6.07) is 20.2. The van der Waals surface area contributed by atoms with E-state index in [9.17, 15) is 17.3 Å². The van der Waals surface area contributed by atoms with E-state index in [0.717, 1.165) is 40.4 Å². The Bertz CT molecular complexity index is 813. The highest BCUT2D eigenvalue weighted by atomic mass is 35.5. The van der Waals surface area contributed by atoms with Crippen molar-refractivity contribution in [3.8, 4) is 0 Å². The van der Waals surface area contributed by atoms with Gasteiger partial charge >= 0.3 is 7.25 Å². The van der Waals surface area contributed by atoms with Gasteiger partial charge in [-0.2, -0.15) is 0 Å². The van der Waals surface area contributed by atoms with Crippen molar-refractivity contribution < 1.29 is 22.3 Å². The van der Waals surface area contributed by atoms with Crippen LogP contribution in [0.2, 0.25) is 0 Å². The second-order valence-corrected chi connectivity index (χ2v) is 6.05. The van der Waals surface area contributed by atoms with Crippen molar-refractivity contribution in [2.45, 2.75) is 12.8 Å². The molecule has 0 heterocycles. The quantitative estimate of drug-likeness (QED) is 0.422. The third-order valence-corrected chi connectivity index (χ3v) is 4.09. The van der Waals surface area contributed by atoms with Gasteiger partial charge in [0.05, 0.1) is 5.03 Å². The Kier molecular flexibility index (Phi) is 7.67. The van der Waals surface area contributed by atoms with Gasteiger partial charge in [-0.05, 0) is 30.5 Å². The predicted octanol–water partition coefficient (Wildman–Crippen LogP) is 5.05. The Balaban J connectivity index is 0.000000465. The molecule has 0 saturated carbocycles. The van der Waals surface area contributed by atoms with E-state index in [1.807, 2.05) is 73.1 Å². The van der Waals surface area contributed by atoms with Gasteiger partial charge in [-0.1, -0.05) is 48.0 Å². The van der Waals surface area contributed by atoms with E-state index in [1.165, 1.54) is 0 Å². The number of hydrogen-bond donors (Lipinski definition) is 2. The van der Waals surface area contributed by atoms with Gasteiger partial charge in [-0.15, -0.1) is 0 Å². The molecular weight excluding hydrogens is 378 g/mol. The minimum Gasteiger partial charge on any atom is -0.418 e. The van der Waals surface area contributed by atoms with Crippen molar-refractivity contribution in [1.82, 2.24) is 0 Å². The van der Waals surface area contributed by atoms with Gasteiger partial charge in [-0.25, -0.2) is 4.99 Å². The molecule has 1 aliphatic rings. The largest absolute Gasteiger partial charge is 0.673 e. The summed E-state index contributed by atoms with van der Waals surface area (Å²) in [5.74, 6) is 0. The van der Waals surface area contributed by atoms with Crippen LogP contribution in [0.3, 0.4) is 0 Å². The van der Waals surface area contributed by atoms with Gasteiger partial charge in [0.25, 0.3) is 0 Å². The molecule has 2 N–H and O–H groups in total. The lowest BCUT2D eigenvalue weighted by Crippen LogP contribution is -2.61. The molecule has 8 heteroatoms. The average molecular weight is 397 g/mol. The maximum Gasteiger partial charge on any atom is 0.673 e. The summed E-state index contributed by atoms with van der Waals surface area (Å²) in [6.07, 6.45) is 5.92. The molecule has 142 valence electrons. The number of allylic oxidation sites excluding steroid dienone is 3.